The van der Waals surface area contributed by atoms with E-state index in [9.17, 15) is 10.2 Å². The van der Waals surface area contributed by atoms with Crippen LogP contribution in [-0.4, -0.2) is 10.2 Å². The quantitative estimate of drug-likeness (QED) is 0.383. The molecule has 0 saturated heterocycles. The topological polar surface area (TPSA) is 40.5 Å². The molecule has 0 saturated carbocycles. The fourth-order valence-electron chi connectivity index (χ4n) is 4.24. The van der Waals surface area contributed by atoms with Crippen molar-refractivity contribution in [3.8, 4) is 11.5 Å². The summed E-state index contributed by atoms with van der Waals surface area (Å²) in [4.78, 5) is 0. The number of phenolic OH excluding ortho intramolecular Hbond substituents is 2. The molecule has 4 rings (SSSR count). The lowest BCUT2D eigenvalue weighted by Gasteiger charge is -2.15. The van der Waals surface area contributed by atoms with Crippen molar-refractivity contribution in [3.05, 3.63) is 129 Å². The third-order valence-electron chi connectivity index (χ3n) is 5.68. The molecule has 0 aliphatic carbocycles. The van der Waals surface area contributed by atoms with Gasteiger partial charge in [0.2, 0.25) is 0 Å². The Labute approximate surface area is 184 Å². The van der Waals surface area contributed by atoms with Gasteiger partial charge in [-0.05, 0) is 47.2 Å². The number of phenols is 2. The molecule has 2 N–H and O–H groups in total. The highest BCUT2D eigenvalue weighted by atomic mass is 16.3. The average Bonchev–Trinajstić information content (AvgIpc) is 2.76. The summed E-state index contributed by atoms with van der Waals surface area (Å²) in [6.07, 6.45) is 1.85. The maximum Gasteiger partial charge on any atom is 0.122 e. The predicted octanol–water partition coefficient (Wildman–Crippen LogP) is 6.49. The maximum atomic E-state index is 11.0. The SMILES string of the molecule is Cc1cc(Cc2ccccc2)c(O)c(Cc2cc(C)cc(Cc3ccccc3)c2O)c1. The zero-order valence-corrected chi connectivity index (χ0v) is 18.1. The van der Waals surface area contributed by atoms with E-state index in [4.69, 9.17) is 0 Å². The lowest BCUT2D eigenvalue weighted by Crippen LogP contribution is -1.99. The Morgan fingerprint density at radius 1 is 0.484 bits per heavy atom. The van der Waals surface area contributed by atoms with Crippen LogP contribution in [0.3, 0.4) is 0 Å². The summed E-state index contributed by atoms with van der Waals surface area (Å²) in [5.41, 5.74) is 8.06. The fourth-order valence-corrected chi connectivity index (χ4v) is 4.24. The van der Waals surface area contributed by atoms with Crippen LogP contribution in [0.2, 0.25) is 0 Å². The molecule has 0 heterocycles. The zero-order chi connectivity index (χ0) is 21.8. The van der Waals surface area contributed by atoms with E-state index in [1.807, 2.05) is 74.5 Å². The molecule has 0 bridgehead atoms. The van der Waals surface area contributed by atoms with Gasteiger partial charge in [-0.15, -0.1) is 0 Å². The van der Waals surface area contributed by atoms with Gasteiger partial charge in [0.15, 0.2) is 0 Å². The van der Waals surface area contributed by atoms with Crippen molar-refractivity contribution in [3.63, 3.8) is 0 Å². The molecule has 0 radical (unpaired) electrons. The zero-order valence-electron chi connectivity index (χ0n) is 18.1. The second-order valence-electron chi connectivity index (χ2n) is 8.37. The van der Waals surface area contributed by atoms with Crippen molar-refractivity contribution in [1.82, 2.24) is 0 Å². The van der Waals surface area contributed by atoms with Crippen molar-refractivity contribution >= 4 is 0 Å². The molecule has 0 unspecified atom stereocenters. The van der Waals surface area contributed by atoms with Crippen LogP contribution in [0.15, 0.2) is 84.9 Å². The van der Waals surface area contributed by atoms with Crippen molar-refractivity contribution in [2.75, 3.05) is 0 Å². The van der Waals surface area contributed by atoms with Crippen LogP contribution in [0.1, 0.15) is 44.5 Å². The number of aromatic hydroxyl groups is 2. The van der Waals surface area contributed by atoms with Gasteiger partial charge in [0.25, 0.3) is 0 Å². The molecule has 31 heavy (non-hydrogen) atoms. The highest BCUT2D eigenvalue weighted by molar-refractivity contribution is 5.52. The van der Waals surface area contributed by atoms with E-state index in [2.05, 4.69) is 24.3 Å². The second kappa shape index (κ2) is 9.09. The Morgan fingerprint density at radius 3 is 1.16 bits per heavy atom. The third kappa shape index (κ3) is 4.97. The molecular weight excluding hydrogens is 380 g/mol. The molecule has 0 spiro atoms. The first kappa shape index (κ1) is 20.7. The monoisotopic (exact) mass is 408 g/mol. The first-order valence-corrected chi connectivity index (χ1v) is 10.7. The molecular formula is C29H28O2. The lowest BCUT2D eigenvalue weighted by atomic mass is 9.92. The Balaban J connectivity index is 1.66. The minimum atomic E-state index is 0.319. The third-order valence-corrected chi connectivity index (χ3v) is 5.68. The van der Waals surface area contributed by atoms with Gasteiger partial charge < -0.3 is 10.2 Å². The van der Waals surface area contributed by atoms with Crippen LogP contribution in [0.25, 0.3) is 0 Å². The van der Waals surface area contributed by atoms with Crippen LogP contribution < -0.4 is 0 Å². The Hall–Kier alpha value is -3.52. The first-order chi connectivity index (χ1) is 15.0. The number of rotatable bonds is 6. The number of hydrogen-bond donors (Lipinski definition) is 2. The van der Waals surface area contributed by atoms with E-state index in [0.717, 1.165) is 44.5 Å². The highest BCUT2D eigenvalue weighted by Crippen LogP contribution is 2.33. The van der Waals surface area contributed by atoms with Crippen LogP contribution in [-0.2, 0) is 19.3 Å². The lowest BCUT2D eigenvalue weighted by molar-refractivity contribution is 0.456. The summed E-state index contributed by atoms with van der Waals surface area (Å²) < 4.78 is 0. The molecule has 0 aromatic heterocycles. The summed E-state index contributed by atoms with van der Waals surface area (Å²) >= 11 is 0. The van der Waals surface area contributed by atoms with E-state index < -0.39 is 0 Å². The van der Waals surface area contributed by atoms with Gasteiger partial charge >= 0.3 is 0 Å². The molecule has 4 aromatic carbocycles. The Kier molecular flexibility index (Phi) is 6.08. The van der Waals surface area contributed by atoms with Gasteiger partial charge in [-0.3, -0.25) is 0 Å². The highest BCUT2D eigenvalue weighted by Gasteiger charge is 2.15. The summed E-state index contributed by atoms with van der Waals surface area (Å²) in [5.74, 6) is 0.639. The molecule has 0 amide bonds. The van der Waals surface area contributed by atoms with E-state index in [1.54, 1.807) is 0 Å². The first-order valence-electron chi connectivity index (χ1n) is 10.7. The van der Waals surface area contributed by atoms with E-state index >= 15 is 0 Å². The Morgan fingerprint density at radius 2 is 0.806 bits per heavy atom. The minimum Gasteiger partial charge on any atom is -0.507 e. The van der Waals surface area contributed by atoms with Gasteiger partial charge in [0, 0.05) is 19.3 Å². The molecule has 0 aliphatic rings. The van der Waals surface area contributed by atoms with Gasteiger partial charge in [0.05, 0.1) is 0 Å². The van der Waals surface area contributed by atoms with Gasteiger partial charge in [-0.25, -0.2) is 0 Å². The average molecular weight is 409 g/mol. The van der Waals surface area contributed by atoms with Crippen LogP contribution >= 0.6 is 0 Å². The van der Waals surface area contributed by atoms with Gasteiger partial charge in [-0.2, -0.15) is 0 Å². The van der Waals surface area contributed by atoms with E-state index in [-0.39, 0.29) is 0 Å². The van der Waals surface area contributed by atoms with Crippen molar-refractivity contribution in [2.45, 2.75) is 33.1 Å². The van der Waals surface area contributed by atoms with Crippen LogP contribution in [0.5, 0.6) is 11.5 Å². The Bertz CT molecular complexity index is 1080. The van der Waals surface area contributed by atoms with Crippen molar-refractivity contribution < 1.29 is 10.2 Å². The normalized spacial score (nSPS) is 10.9. The van der Waals surface area contributed by atoms with Gasteiger partial charge in [-0.1, -0.05) is 96.1 Å². The maximum absolute atomic E-state index is 11.0. The summed E-state index contributed by atoms with van der Waals surface area (Å²) in [7, 11) is 0. The summed E-state index contributed by atoms with van der Waals surface area (Å²) in [6.45, 7) is 4.10. The van der Waals surface area contributed by atoms with Crippen molar-refractivity contribution in [2.24, 2.45) is 0 Å². The van der Waals surface area contributed by atoms with Crippen LogP contribution in [0.4, 0.5) is 0 Å². The van der Waals surface area contributed by atoms with Gasteiger partial charge in [0.1, 0.15) is 11.5 Å². The molecule has 0 aliphatic heterocycles. The largest absolute Gasteiger partial charge is 0.507 e. The van der Waals surface area contributed by atoms with E-state index in [0.29, 0.717) is 30.8 Å². The predicted molar refractivity (Wildman–Crippen MR) is 127 cm³/mol. The number of benzene rings is 4. The summed E-state index contributed by atoms with van der Waals surface area (Å²) in [6, 6.07) is 28.5. The molecule has 0 fully saturated rings. The molecule has 0 atom stereocenters. The molecule has 4 aromatic rings. The van der Waals surface area contributed by atoms with E-state index in [1.165, 1.54) is 0 Å². The van der Waals surface area contributed by atoms with Crippen molar-refractivity contribution in [1.29, 1.82) is 0 Å². The number of hydrogen-bond acceptors (Lipinski definition) is 2. The van der Waals surface area contributed by atoms with Crippen LogP contribution in [0, 0.1) is 13.8 Å². The second-order valence-corrected chi connectivity index (χ2v) is 8.37. The molecule has 156 valence electrons. The number of aryl methyl sites for hydroxylation is 2. The fraction of sp³-hybridized carbons (Fsp3) is 0.172. The summed E-state index contributed by atoms with van der Waals surface area (Å²) in [5, 5.41) is 22.0. The molecule has 2 nitrogen and oxygen atoms in total. The smallest absolute Gasteiger partial charge is 0.122 e. The molecule has 2 heteroatoms. The minimum absolute atomic E-state index is 0.319. The standard InChI is InChI=1S/C29H28O2/c1-20-13-24(17-22-9-5-3-6-10-22)28(30)26(15-20)19-27-16-21(2)14-25(29(27)31)18-23-11-7-4-8-12-23/h3-16,30-31H,17-19H2,1-2H3.